The van der Waals surface area contributed by atoms with Gasteiger partial charge in [0, 0.05) is 13.0 Å². The molecule has 0 spiro atoms. The van der Waals surface area contributed by atoms with Gasteiger partial charge >= 0.3 is 5.97 Å². The maximum Gasteiger partial charge on any atom is 0.326 e. The molecule has 12 heteroatoms. The lowest BCUT2D eigenvalue weighted by molar-refractivity contribution is -0.144. The van der Waals surface area contributed by atoms with Gasteiger partial charge in [0.15, 0.2) is 5.96 Å². The minimum atomic E-state index is -1.18. The molecule has 0 fully saturated rings. The predicted octanol–water partition coefficient (Wildman–Crippen LogP) is 0.438. The summed E-state index contributed by atoms with van der Waals surface area (Å²) in [6.07, 6.45) is 1.39. The minimum Gasteiger partial charge on any atom is -0.480 e. The third-order valence-corrected chi connectivity index (χ3v) is 6.91. The zero-order valence-corrected chi connectivity index (χ0v) is 24.2. The Morgan fingerprint density at radius 3 is 1.86 bits per heavy atom. The standard InChI is InChI=1S/C30H43N7O5/c1-3-19(2)25(29(41)42)37-27(39)23(15-10-16-34-30(32)33)35-28(40)24(18-21-13-8-5-9-14-21)36-26(38)22(31)17-20-11-6-4-7-12-20/h4-9,11-14,19,22-25H,3,10,15-18,31H2,1-2H3,(H,35,40)(H,36,38)(H,37,39)(H,41,42)(H4,32,33,34). The Morgan fingerprint density at radius 2 is 1.33 bits per heavy atom. The van der Waals surface area contributed by atoms with Gasteiger partial charge in [0.1, 0.15) is 18.1 Å². The number of carbonyl (C=O) groups is 4. The van der Waals surface area contributed by atoms with Crippen LogP contribution in [0, 0.1) is 5.92 Å². The van der Waals surface area contributed by atoms with Gasteiger partial charge in [-0.15, -0.1) is 0 Å². The molecule has 10 N–H and O–H groups in total. The number of carbonyl (C=O) groups excluding carboxylic acids is 3. The summed E-state index contributed by atoms with van der Waals surface area (Å²) in [5.74, 6) is -3.43. The van der Waals surface area contributed by atoms with E-state index in [-0.39, 0.29) is 37.7 Å². The van der Waals surface area contributed by atoms with Crippen LogP contribution in [0.15, 0.2) is 65.7 Å². The molecule has 0 radical (unpaired) electrons. The molecule has 0 bridgehead atoms. The van der Waals surface area contributed by atoms with Crippen molar-refractivity contribution in [3.63, 3.8) is 0 Å². The molecule has 0 aromatic heterocycles. The summed E-state index contributed by atoms with van der Waals surface area (Å²) in [6, 6.07) is 14.2. The Labute approximate surface area is 246 Å². The fourth-order valence-electron chi connectivity index (χ4n) is 4.28. The smallest absolute Gasteiger partial charge is 0.326 e. The molecule has 2 rings (SSSR count). The first-order valence-corrected chi connectivity index (χ1v) is 14.0. The lowest BCUT2D eigenvalue weighted by Gasteiger charge is -2.26. The van der Waals surface area contributed by atoms with Crippen molar-refractivity contribution in [3.8, 4) is 0 Å². The van der Waals surface area contributed by atoms with E-state index in [0.717, 1.165) is 11.1 Å². The van der Waals surface area contributed by atoms with E-state index < -0.39 is 47.9 Å². The molecule has 2 aromatic carbocycles. The van der Waals surface area contributed by atoms with E-state index in [4.69, 9.17) is 17.2 Å². The van der Waals surface area contributed by atoms with Crippen LogP contribution < -0.4 is 33.2 Å². The van der Waals surface area contributed by atoms with E-state index in [1.807, 2.05) is 67.6 Å². The van der Waals surface area contributed by atoms with Crippen LogP contribution in [0.5, 0.6) is 0 Å². The fraction of sp³-hybridized carbons (Fsp3) is 0.433. The Bertz CT molecular complexity index is 1190. The molecule has 42 heavy (non-hydrogen) atoms. The van der Waals surface area contributed by atoms with E-state index >= 15 is 0 Å². The SMILES string of the molecule is CCC(C)C(NC(=O)C(CCCN=C(N)N)NC(=O)C(Cc1ccccc1)NC(=O)C(N)Cc1ccccc1)C(=O)O. The quantitative estimate of drug-likeness (QED) is 0.0788. The summed E-state index contributed by atoms with van der Waals surface area (Å²) in [5, 5.41) is 17.7. The molecule has 0 aliphatic rings. The summed E-state index contributed by atoms with van der Waals surface area (Å²) in [7, 11) is 0. The van der Waals surface area contributed by atoms with Crippen LogP contribution in [0.4, 0.5) is 0 Å². The highest BCUT2D eigenvalue weighted by atomic mass is 16.4. The van der Waals surface area contributed by atoms with Crippen molar-refractivity contribution >= 4 is 29.7 Å². The number of nitrogens with two attached hydrogens (primary N) is 3. The number of nitrogens with one attached hydrogen (secondary N) is 3. The second kappa shape index (κ2) is 17.4. The van der Waals surface area contributed by atoms with Gasteiger partial charge in [-0.1, -0.05) is 80.9 Å². The Hall–Kier alpha value is -4.45. The fourth-order valence-corrected chi connectivity index (χ4v) is 4.28. The largest absolute Gasteiger partial charge is 0.480 e. The van der Waals surface area contributed by atoms with Crippen LogP contribution in [0.1, 0.15) is 44.2 Å². The average molecular weight is 582 g/mol. The highest BCUT2D eigenvalue weighted by Crippen LogP contribution is 2.11. The van der Waals surface area contributed by atoms with Gasteiger partial charge in [0.05, 0.1) is 6.04 Å². The maximum atomic E-state index is 13.6. The Morgan fingerprint density at radius 1 is 0.810 bits per heavy atom. The summed E-state index contributed by atoms with van der Waals surface area (Å²) in [4.78, 5) is 55.7. The molecule has 3 amide bonds. The molecule has 0 heterocycles. The van der Waals surface area contributed by atoms with Gasteiger partial charge in [-0.3, -0.25) is 19.4 Å². The van der Waals surface area contributed by atoms with Crippen molar-refractivity contribution in [2.45, 2.75) is 70.1 Å². The van der Waals surface area contributed by atoms with Crippen molar-refractivity contribution in [1.29, 1.82) is 0 Å². The summed E-state index contributed by atoms with van der Waals surface area (Å²) in [6.45, 7) is 3.74. The van der Waals surface area contributed by atoms with Gasteiger partial charge in [-0.05, 0) is 36.3 Å². The van der Waals surface area contributed by atoms with Gasteiger partial charge in [0.2, 0.25) is 17.7 Å². The van der Waals surface area contributed by atoms with Crippen LogP contribution in [0.2, 0.25) is 0 Å². The predicted molar refractivity (Wildman–Crippen MR) is 161 cm³/mol. The third-order valence-electron chi connectivity index (χ3n) is 6.91. The topological polar surface area (TPSA) is 215 Å². The lowest BCUT2D eigenvalue weighted by Crippen LogP contribution is -2.58. The van der Waals surface area contributed by atoms with E-state index in [1.165, 1.54) is 0 Å². The van der Waals surface area contributed by atoms with Crippen molar-refractivity contribution in [2.75, 3.05) is 6.54 Å². The number of amides is 3. The molecule has 0 aliphatic heterocycles. The van der Waals surface area contributed by atoms with E-state index in [2.05, 4.69) is 20.9 Å². The number of guanidine groups is 1. The average Bonchev–Trinajstić information content (AvgIpc) is 2.97. The molecule has 0 aliphatic carbocycles. The number of nitrogens with zero attached hydrogens (tertiary/aromatic N) is 1. The van der Waals surface area contributed by atoms with Gasteiger partial charge in [-0.2, -0.15) is 0 Å². The van der Waals surface area contributed by atoms with Crippen molar-refractivity contribution in [3.05, 3.63) is 71.8 Å². The zero-order chi connectivity index (χ0) is 31.1. The highest BCUT2D eigenvalue weighted by Gasteiger charge is 2.32. The summed E-state index contributed by atoms with van der Waals surface area (Å²) < 4.78 is 0. The van der Waals surface area contributed by atoms with E-state index in [9.17, 15) is 24.3 Å². The van der Waals surface area contributed by atoms with Crippen LogP contribution in [-0.2, 0) is 32.0 Å². The molecule has 12 nitrogen and oxygen atoms in total. The maximum absolute atomic E-state index is 13.6. The highest BCUT2D eigenvalue weighted by molar-refractivity contribution is 5.94. The monoisotopic (exact) mass is 581 g/mol. The van der Waals surface area contributed by atoms with Gasteiger partial charge < -0.3 is 38.3 Å². The summed E-state index contributed by atoms with van der Waals surface area (Å²) in [5.41, 5.74) is 18.6. The Kier molecular flexibility index (Phi) is 14.0. The molecule has 5 atom stereocenters. The number of aliphatic imine (C=N–C) groups is 1. The van der Waals surface area contributed by atoms with Crippen LogP contribution >= 0.6 is 0 Å². The van der Waals surface area contributed by atoms with Crippen LogP contribution in [0.25, 0.3) is 0 Å². The number of benzene rings is 2. The molecule has 0 saturated heterocycles. The third kappa shape index (κ3) is 11.6. The summed E-state index contributed by atoms with van der Waals surface area (Å²) >= 11 is 0. The molecule has 5 unspecified atom stereocenters. The van der Waals surface area contributed by atoms with Crippen molar-refractivity contribution in [1.82, 2.24) is 16.0 Å². The second-order valence-corrected chi connectivity index (χ2v) is 10.3. The van der Waals surface area contributed by atoms with Crippen molar-refractivity contribution in [2.24, 2.45) is 28.1 Å². The van der Waals surface area contributed by atoms with E-state index in [1.54, 1.807) is 6.92 Å². The van der Waals surface area contributed by atoms with E-state index in [0.29, 0.717) is 12.8 Å². The Balaban J connectivity index is 2.25. The number of hydrogen-bond acceptors (Lipinski definition) is 6. The number of aliphatic carboxylic acids is 1. The first kappa shape index (κ1) is 33.8. The lowest BCUT2D eigenvalue weighted by atomic mass is 9.98. The normalized spacial score (nSPS) is 14.4. The zero-order valence-electron chi connectivity index (χ0n) is 24.2. The van der Waals surface area contributed by atoms with Crippen LogP contribution in [-0.4, -0.2) is 65.5 Å². The molecular formula is C30H43N7O5. The minimum absolute atomic E-state index is 0.111. The molecule has 2 aromatic rings. The number of hydrogen-bond donors (Lipinski definition) is 7. The first-order valence-electron chi connectivity index (χ1n) is 14.0. The molecular weight excluding hydrogens is 538 g/mol. The molecule has 0 saturated carbocycles. The first-order chi connectivity index (χ1) is 20.0. The number of carboxylic acid groups (broad SMARTS) is 1. The molecule has 228 valence electrons. The van der Waals surface area contributed by atoms with Gasteiger partial charge in [-0.25, -0.2) is 4.79 Å². The van der Waals surface area contributed by atoms with Crippen molar-refractivity contribution < 1.29 is 24.3 Å². The van der Waals surface area contributed by atoms with Crippen LogP contribution in [0.3, 0.4) is 0 Å². The number of rotatable bonds is 17. The second-order valence-electron chi connectivity index (χ2n) is 10.3. The van der Waals surface area contributed by atoms with Gasteiger partial charge in [0.25, 0.3) is 0 Å². The number of carboxylic acids is 1.